The van der Waals surface area contributed by atoms with E-state index in [0.717, 1.165) is 6.07 Å². The first-order chi connectivity index (χ1) is 10.9. The molecule has 0 fully saturated rings. The number of carbonyl (C=O) groups is 1. The maximum Gasteiger partial charge on any atom is 0.271 e. The van der Waals surface area contributed by atoms with Crippen LogP contribution >= 0.6 is 31.9 Å². The highest BCUT2D eigenvalue weighted by Gasteiger charge is 2.14. The molecule has 0 aliphatic rings. The third-order valence-electron chi connectivity index (χ3n) is 2.86. The number of amides is 1. The Morgan fingerprint density at radius 2 is 2.13 bits per heavy atom. The molecule has 2 aromatic carbocycles. The minimum Gasteiger partial charge on any atom is -0.504 e. The van der Waals surface area contributed by atoms with Crippen molar-refractivity contribution in [2.75, 3.05) is 7.11 Å². The zero-order valence-electron chi connectivity index (χ0n) is 11.8. The van der Waals surface area contributed by atoms with Gasteiger partial charge in [-0.15, -0.1) is 0 Å². The smallest absolute Gasteiger partial charge is 0.271 e. The minimum atomic E-state index is -0.571. The third kappa shape index (κ3) is 4.08. The minimum absolute atomic E-state index is 0.133. The van der Waals surface area contributed by atoms with E-state index in [1.165, 1.54) is 31.5 Å². The fraction of sp³-hybridized carbons (Fsp3) is 0.0667. The van der Waals surface area contributed by atoms with E-state index in [4.69, 9.17) is 4.74 Å². The summed E-state index contributed by atoms with van der Waals surface area (Å²) < 4.78 is 19.3. The predicted molar refractivity (Wildman–Crippen MR) is 91.5 cm³/mol. The van der Waals surface area contributed by atoms with Crippen LogP contribution in [0.2, 0.25) is 0 Å². The molecule has 0 bridgehead atoms. The molecule has 0 unspecified atom stereocenters. The molecule has 0 spiro atoms. The second kappa shape index (κ2) is 7.56. The van der Waals surface area contributed by atoms with Crippen LogP contribution in [-0.2, 0) is 0 Å². The molecule has 2 aromatic rings. The lowest BCUT2D eigenvalue weighted by molar-refractivity contribution is 0.0954. The highest BCUT2D eigenvalue weighted by atomic mass is 79.9. The molecule has 0 heterocycles. The highest BCUT2D eigenvalue weighted by molar-refractivity contribution is 9.13. The van der Waals surface area contributed by atoms with Gasteiger partial charge in [0.05, 0.1) is 18.9 Å². The van der Waals surface area contributed by atoms with Gasteiger partial charge in [-0.3, -0.25) is 4.79 Å². The maximum absolute atomic E-state index is 13.1. The summed E-state index contributed by atoms with van der Waals surface area (Å²) in [5, 5.41) is 13.9. The number of aromatic hydroxyl groups is 1. The first kappa shape index (κ1) is 17.4. The summed E-state index contributed by atoms with van der Waals surface area (Å²) in [7, 11) is 1.42. The van der Waals surface area contributed by atoms with Crippen molar-refractivity contribution in [1.82, 2.24) is 5.43 Å². The van der Waals surface area contributed by atoms with Gasteiger partial charge in [-0.1, -0.05) is 6.07 Å². The van der Waals surface area contributed by atoms with E-state index in [2.05, 4.69) is 42.4 Å². The average Bonchev–Trinajstić information content (AvgIpc) is 2.54. The van der Waals surface area contributed by atoms with Crippen LogP contribution in [0.15, 0.2) is 44.4 Å². The van der Waals surface area contributed by atoms with Gasteiger partial charge in [0.2, 0.25) is 0 Å². The lowest BCUT2D eigenvalue weighted by Gasteiger charge is -2.09. The summed E-state index contributed by atoms with van der Waals surface area (Å²) >= 11 is 6.61. The Balaban J connectivity index is 2.21. The van der Waals surface area contributed by atoms with E-state index < -0.39 is 11.7 Å². The van der Waals surface area contributed by atoms with Crippen LogP contribution in [0.25, 0.3) is 0 Å². The van der Waals surface area contributed by atoms with Crippen molar-refractivity contribution in [1.29, 1.82) is 0 Å². The van der Waals surface area contributed by atoms with Crippen LogP contribution in [0.1, 0.15) is 15.9 Å². The number of hydrazone groups is 1. The monoisotopic (exact) mass is 444 g/mol. The number of ether oxygens (including phenoxy) is 1. The fourth-order valence-corrected chi connectivity index (χ4v) is 2.56. The van der Waals surface area contributed by atoms with Gasteiger partial charge >= 0.3 is 0 Å². The number of phenols is 1. The van der Waals surface area contributed by atoms with Gasteiger partial charge in [-0.05, 0) is 56.1 Å². The summed E-state index contributed by atoms with van der Waals surface area (Å²) in [4.78, 5) is 11.8. The van der Waals surface area contributed by atoms with E-state index in [-0.39, 0.29) is 17.1 Å². The van der Waals surface area contributed by atoms with E-state index in [0.29, 0.717) is 14.5 Å². The lowest BCUT2D eigenvalue weighted by Crippen LogP contribution is -2.17. The third-order valence-corrected chi connectivity index (χ3v) is 4.87. The van der Waals surface area contributed by atoms with E-state index in [1.54, 1.807) is 6.07 Å². The summed E-state index contributed by atoms with van der Waals surface area (Å²) in [5.74, 6) is -0.971. The van der Waals surface area contributed by atoms with Crippen LogP contribution in [0, 0.1) is 5.82 Å². The molecule has 0 aliphatic carbocycles. The molecule has 0 atom stereocenters. The Bertz CT molecular complexity index is 782. The van der Waals surface area contributed by atoms with Gasteiger partial charge in [0.15, 0.2) is 11.5 Å². The molecule has 0 aliphatic heterocycles. The second-order valence-electron chi connectivity index (χ2n) is 4.35. The lowest BCUT2D eigenvalue weighted by atomic mass is 10.2. The van der Waals surface area contributed by atoms with Crippen molar-refractivity contribution >= 4 is 44.0 Å². The highest BCUT2D eigenvalue weighted by Crippen LogP contribution is 2.39. The molecular formula is C15H11Br2FN2O3. The average molecular weight is 446 g/mol. The van der Waals surface area contributed by atoms with Gasteiger partial charge in [0, 0.05) is 14.5 Å². The zero-order chi connectivity index (χ0) is 17.0. The van der Waals surface area contributed by atoms with Crippen LogP contribution < -0.4 is 10.2 Å². The van der Waals surface area contributed by atoms with Crippen LogP contribution in [0.4, 0.5) is 4.39 Å². The fourth-order valence-electron chi connectivity index (χ4n) is 1.74. The normalized spacial score (nSPS) is 10.8. The second-order valence-corrected chi connectivity index (χ2v) is 5.99. The molecule has 0 saturated heterocycles. The summed E-state index contributed by atoms with van der Waals surface area (Å²) in [6.07, 6.45) is 1.25. The van der Waals surface area contributed by atoms with Gasteiger partial charge in [0.1, 0.15) is 5.82 Å². The quantitative estimate of drug-likeness (QED) is 0.555. The molecule has 1 amide bonds. The maximum atomic E-state index is 13.1. The van der Waals surface area contributed by atoms with Crippen molar-refractivity contribution in [3.63, 3.8) is 0 Å². The number of hydrogen-bond donors (Lipinski definition) is 2. The summed E-state index contributed by atoms with van der Waals surface area (Å²) in [6.45, 7) is 0. The van der Waals surface area contributed by atoms with Crippen molar-refractivity contribution in [2.24, 2.45) is 5.10 Å². The largest absolute Gasteiger partial charge is 0.504 e. The number of benzene rings is 2. The zero-order valence-corrected chi connectivity index (χ0v) is 15.0. The summed E-state index contributed by atoms with van der Waals surface area (Å²) in [6, 6.07) is 6.81. The number of halogens is 3. The number of phenolic OH excluding ortho intramolecular Hbond substituents is 1. The first-order valence-corrected chi connectivity index (χ1v) is 7.86. The first-order valence-electron chi connectivity index (χ1n) is 6.28. The Morgan fingerprint density at radius 1 is 1.39 bits per heavy atom. The number of carbonyl (C=O) groups excluding carboxylic acids is 1. The molecule has 2 N–H and O–H groups in total. The Kier molecular flexibility index (Phi) is 5.73. The van der Waals surface area contributed by atoms with Gasteiger partial charge < -0.3 is 9.84 Å². The molecule has 120 valence electrons. The SMILES string of the molecule is COc1cc(Br)c(Br)c(C=NNC(=O)c2cccc(F)c2)c1O. The van der Waals surface area contributed by atoms with Crippen LogP contribution in [-0.4, -0.2) is 24.3 Å². The van der Waals surface area contributed by atoms with Crippen molar-refractivity contribution in [3.8, 4) is 11.5 Å². The molecule has 0 radical (unpaired) electrons. The molecule has 5 nitrogen and oxygen atoms in total. The molecule has 2 rings (SSSR count). The topological polar surface area (TPSA) is 70.9 Å². The number of rotatable bonds is 4. The van der Waals surface area contributed by atoms with E-state index in [9.17, 15) is 14.3 Å². The van der Waals surface area contributed by atoms with Crippen LogP contribution in [0.3, 0.4) is 0 Å². The number of nitrogens with zero attached hydrogens (tertiary/aromatic N) is 1. The number of methoxy groups -OCH3 is 1. The molecule has 0 aromatic heterocycles. The number of nitrogens with one attached hydrogen (secondary N) is 1. The van der Waals surface area contributed by atoms with Crippen molar-refractivity contribution in [3.05, 3.63) is 56.2 Å². The summed E-state index contributed by atoms with van der Waals surface area (Å²) in [5.41, 5.74) is 2.71. The Morgan fingerprint density at radius 3 is 2.78 bits per heavy atom. The molecule has 8 heteroatoms. The van der Waals surface area contributed by atoms with Crippen molar-refractivity contribution < 1.29 is 19.0 Å². The van der Waals surface area contributed by atoms with Gasteiger partial charge in [-0.25, -0.2) is 9.82 Å². The van der Waals surface area contributed by atoms with E-state index in [1.807, 2.05) is 0 Å². The van der Waals surface area contributed by atoms with E-state index >= 15 is 0 Å². The molecule has 0 saturated carbocycles. The van der Waals surface area contributed by atoms with Crippen molar-refractivity contribution in [2.45, 2.75) is 0 Å². The Hall–Kier alpha value is -1.93. The predicted octanol–water partition coefficient (Wildman–Crippen LogP) is 3.83. The van der Waals surface area contributed by atoms with Gasteiger partial charge in [0.25, 0.3) is 5.91 Å². The van der Waals surface area contributed by atoms with Crippen LogP contribution in [0.5, 0.6) is 11.5 Å². The molecular weight excluding hydrogens is 435 g/mol. The standard InChI is InChI=1S/C15H11Br2FN2O3/c1-23-12-6-11(16)13(17)10(14(12)21)7-19-20-15(22)8-3-2-4-9(18)5-8/h2-7,21H,1H3,(H,20,22). The Labute approximate surface area is 148 Å². The number of hydrogen-bond acceptors (Lipinski definition) is 4. The molecule has 23 heavy (non-hydrogen) atoms. The van der Waals surface area contributed by atoms with Gasteiger partial charge in [-0.2, -0.15) is 5.10 Å².